The number of rotatable bonds is 7. The van der Waals surface area contributed by atoms with E-state index in [4.69, 9.17) is 29.3 Å². The summed E-state index contributed by atoms with van der Waals surface area (Å²) >= 11 is 0. The fourth-order valence-corrected chi connectivity index (χ4v) is 2.81. The number of imidazole rings is 1. The number of aliphatic hydroxyl groups is 1. The van der Waals surface area contributed by atoms with Crippen molar-refractivity contribution in [1.29, 1.82) is 0 Å². The third kappa shape index (κ3) is 7.09. The Labute approximate surface area is 179 Å². The van der Waals surface area contributed by atoms with Crippen molar-refractivity contribution >= 4 is 23.0 Å². The zero-order valence-corrected chi connectivity index (χ0v) is 17.6. The molecule has 1 aromatic heterocycles. The quantitative estimate of drug-likeness (QED) is 0.487. The normalized spacial score (nSPS) is 11.5. The Kier molecular flexibility index (Phi) is 8.53. The third-order valence-corrected chi connectivity index (χ3v) is 4.54. The van der Waals surface area contributed by atoms with Gasteiger partial charge >= 0.3 is 11.9 Å². The second kappa shape index (κ2) is 11.1. The fraction of sp³-hybridized carbons (Fsp3) is 0.318. The Hall–Kier alpha value is -3.43. The number of carboxylic acid groups (broad SMARTS) is 2. The smallest absolute Gasteiger partial charge is 0.414 e. The van der Waals surface area contributed by atoms with Gasteiger partial charge < -0.3 is 29.4 Å². The number of hydrogen-bond donors (Lipinski definition) is 3. The monoisotopic (exact) mass is 430 g/mol. The summed E-state index contributed by atoms with van der Waals surface area (Å²) in [6.07, 6.45) is 1.18. The zero-order valence-electron chi connectivity index (χ0n) is 17.6. The molecule has 2 aromatic carbocycles. The van der Waals surface area contributed by atoms with Gasteiger partial charge in [-0.05, 0) is 54.8 Å². The van der Waals surface area contributed by atoms with Gasteiger partial charge in [-0.25, -0.2) is 14.6 Å². The van der Waals surface area contributed by atoms with Crippen molar-refractivity contribution < 1.29 is 34.4 Å². The number of aromatic nitrogens is 2. The van der Waals surface area contributed by atoms with Crippen LogP contribution in [-0.2, 0) is 27.5 Å². The van der Waals surface area contributed by atoms with Crippen LogP contribution < -0.4 is 4.74 Å². The molecule has 0 saturated carbocycles. The number of carbonyl (C=O) groups is 2. The molecule has 0 aliphatic rings. The molecule has 1 heterocycles. The molecule has 166 valence electrons. The van der Waals surface area contributed by atoms with Crippen molar-refractivity contribution in [3.63, 3.8) is 0 Å². The van der Waals surface area contributed by atoms with E-state index in [1.54, 1.807) is 13.4 Å². The topological polar surface area (TPSA) is 131 Å². The second-order valence-corrected chi connectivity index (χ2v) is 6.95. The van der Waals surface area contributed by atoms with Gasteiger partial charge in [-0.2, -0.15) is 0 Å². The average Bonchev–Trinajstić information content (AvgIpc) is 3.10. The van der Waals surface area contributed by atoms with E-state index in [2.05, 4.69) is 31.0 Å². The highest BCUT2D eigenvalue weighted by Crippen LogP contribution is 2.19. The van der Waals surface area contributed by atoms with E-state index < -0.39 is 18.0 Å². The Morgan fingerprint density at radius 3 is 2.42 bits per heavy atom. The molecule has 0 radical (unpaired) electrons. The van der Waals surface area contributed by atoms with Crippen molar-refractivity contribution in [3.8, 4) is 5.75 Å². The first-order valence-electron chi connectivity index (χ1n) is 9.48. The maximum Gasteiger partial charge on any atom is 0.414 e. The first-order chi connectivity index (χ1) is 14.7. The molecule has 0 fully saturated rings. The minimum absolute atomic E-state index is 0.266. The fourth-order valence-electron chi connectivity index (χ4n) is 2.81. The van der Waals surface area contributed by atoms with Gasteiger partial charge in [0.2, 0.25) is 0 Å². The first-order valence-corrected chi connectivity index (χ1v) is 9.48. The molecule has 3 aromatic rings. The number of nitrogens with zero attached hydrogens (tertiary/aromatic N) is 2. The van der Waals surface area contributed by atoms with Gasteiger partial charge in [0.25, 0.3) is 0 Å². The van der Waals surface area contributed by atoms with Gasteiger partial charge in [-0.1, -0.05) is 12.1 Å². The number of fused-ring (bicyclic) bond motifs is 1. The Morgan fingerprint density at radius 1 is 1.10 bits per heavy atom. The van der Waals surface area contributed by atoms with Crippen molar-refractivity contribution in [2.45, 2.75) is 33.1 Å². The van der Waals surface area contributed by atoms with Gasteiger partial charge in [0.05, 0.1) is 50.3 Å². The van der Waals surface area contributed by atoms with E-state index in [0.717, 1.165) is 22.3 Å². The number of carboxylic acids is 2. The van der Waals surface area contributed by atoms with E-state index in [-0.39, 0.29) is 6.61 Å². The summed E-state index contributed by atoms with van der Waals surface area (Å²) < 4.78 is 12.8. The van der Waals surface area contributed by atoms with Crippen LogP contribution in [0.3, 0.4) is 0 Å². The predicted octanol–water partition coefficient (Wildman–Crippen LogP) is 2.40. The lowest BCUT2D eigenvalue weighted by molar-refractivity contribution is -0.159. The minimum Gasteiger partial charge on any atom is -0.497 e. The summed E-state index contributed by atoms with van der Waals surface area (Å²) in [6.45, 7) is 5.32. The van der Waals surface area contributed by atoms with Crippen molar-refractivity contribution in [3.05, 3.63) is 59.4 Å². The summed E-state index contributed by atoms with van der Waals surface area (Å²) in [4.78, 5) is 22.6. The summed E-state index contributed by atoms with van der Waals surface area (Å²) in [7, 11) is 1.64. The van der Waals surface area contributed by atoms with Gasteiger partial charge in [0.1, 0.15) is 5.75 Å². The molecule has 9 nitrogen and oxygen atoms in total. The van der Waals surface area contributed by atoms with Crippen LogP contribution in [0, 0.1) is 13.8 Å². The lowest BCUT2D eigenvalue weighted by Gasteiger charge is -2.13. The highest BCUT2D eigenvalue weighted by atomic mass is 16.5. The van der Waals surface area contributed by atoms with Crippen molar-refractivity contribution in [2.24, 2.45) is 0 Å². The van der Waals surface area contributed by atoms with E-state index >= 15 is 0 Å². The molecule has 0 amide bonds. The molecule has 1 atom stereocenters. The van der Waals surface area contributed by atoms with Crippen LogP contribution in [0.5, 0.6) is 5.75 Å². The molecule has 31 heavy (non-hydrogen) atoms. The highest BCUT2D eigenvalue weighted by Gasteiger charge is 2.10. The number of aliphatic carboxylic acids is 2. The van der Waals surface area contributed by atoms with Gasteiger partial charge in [0, 0.05) is 0 Å². The number of ether oxygens (including phenoxy) is 2. The summed E-state index contributed by atoms with van der Waals surface area (Å²) in [5.41, 5.74) is 5.45. The van der Waals surface area contributed by atoms with E-state index in [1.165, 1.54) is 11.1 Å². The maximum atomic E-state index is 10.3. The predicted molar refractivity (Wildman–Crippen MR) is 113 cm³/mol. The number of aliphatic hydroxyl groups excluding tert-OH is 1. The largest absolute Gasteiger partial charge is 0.497 e. The van der Waals surface area contributed by atoms with Gasteiger partial charge in [0.15, 0.2) is 0 Å². The van der Waals surface area contributed by atoms with E-state index in [9.17, 15) is 5.11 Å². The second-order valence-electron chi connectivity index (χ2n) is 6.95. The molecule has 9 heteroatoms. The SMILES string of the molecule is COc1cccc(COCC(O)Cn2cnc3cc(C)c(C)cc32)c1.O=C(O)C(=O)O. The molecule has 0 aliphatic heterocycles. The third-order valence-electron chi connectivity index (χ3n) is 4.54. The average molecular weight is 430 g/mol. The van der Waals surface area contributed by atoms with Crippen LogP contribution in [-0.4, -0.2) is 56.6 Å². The maximum absolute atomic E-state index is 10.3. The molecular weight excluding hydrogens is 404 g/mol. The molecule has 3 N–H and O–H groups in total. The highest BCUT2D eigenvalue weighted by molar-refractivity contribution is 6.27. The molecule has 1 unspecified atom stereocenters. The number of benzene rings is 2. The Balaban J connectivity index is 0.000000501. The van der Waals surface area contributed by atoms with Gasteiger partial charge in [-0.3, -0.25) is 0 Å². The molecule has 0 aliphatic carbocycles. The number of aryl methyl sites for hydroxylation is 2. The molecule has 0 saturated heterocycles. The molecule has 0 bridgehead atoms. The number of hydrogen-bond acceptors (Lipinski definition) is 6. The molecular formula is C22H26N2O7. The van der Waals surface area contributed by atoms with Crippen LogP contribution in [0.4, 0.5) is 0 Å². The lowest BCUT2D eigenvalue weighted by Crippen LogP contribution is -2.21. The van der Waals surface area contributed by atoms with Crippen LogP contribution in [0.15, 0.2) is 42.7 Å². The summed E-state index contributed by atoms with van der Waals surface area (Å²) in [6, 6.07) is 11.9. The first kappa shape index (κ1) is 23.8. The van der Waals surface area contributed by atoms with Crippen LogP contribution in [0.2, 0.25) is 0 Å². The van der Waals surface area contributed by atoms with Crippen LogP contribution in [0.1, 0.15) is 16.7 Å². The van der Waals surface area contributed by atoms with Crippen LogP contribution >= 0.6 is 0 Å². The minimum atomic E-state index is -1.82. The van der Waals surface area contributed by atoms with E-state index in [0.29, 0.717) is 13.2 Å². The number of methoxy groups -OCH3 is 1. The molecule has 3 rings (SSSR count). The Bertz CT molecular complexity index is 1030. The van der Waals surface area contributed by atoms with Crippen LogP contribution in [0.25, 0.3) is 11.0 Å². The van der Waals surface area contributed by atoms with Crippen molar-refractivity contribution in [2.75, 3.05) is 13.7 Å². The lowest BCUT2D eigenvalue weighted by atomic mass is 10.1. The van der Waals surface area contributed by atoms with Crippen molar-refractivity contribution in [1.82, 2.24) is 9.55 Å². The Morgan fingerprint density at radius 2 is 1.77 bits per heavy atom. The summed E-state index contributed by atoms with van der Waals surface area (Å²) in [5, 5.41) is 25.1. The zero-order chi connectivity index (χ0) is 23.0. The van der Waals surface area contributed by atoms with E-state index in [1.807, 2.05) is 28.8 Å². The summed E-state index contributed by atoms with van der Waals surface area (Å²) in [5.74, 6) is -2.85. The molecule has 0 spiro atoms. The standard InChI is InChI=1S/C20H24N2O3.C2H2O4/c1-14-7-19-20(8-15(14)2)22(13-21-19)10-17(23)12-25-11-16-5-4-6-18(9-16)24-3;3-1(4)2(5)6/h4-9,13,17,23H,10-12H2,1-3H3;(H,3,4)(H,5,6). The van der Waals surface area contributed by atoms with Gasteiger partial charge in [-0.15, -0.1) is 0 Å².